The molecule has 1 fully saturated rings. The van der Waals surface area contributed by atoms with Crippen molar-refractivity contribution < 1.29 is 5.11 Å². The maximum absolute atomic E-state index is 9.68. The molecule has 0 radical (unpaired) electrons. The molecule has 9 nitrogen and oxygen atoms in total. The van der Waals surface area contributed by atoms with Crippen LogP contribution in [0.1, 0.15) is 24.1 Å². The average Bonchev–Trinajstić information content (AvgIpc) is 2.87. The standard InChI is InChI=1S/C26H28N8O/c1-18-3-2-4-22(29-18)25-27-13-9-23(32-25)31-24-10-14-28-26(33-24)30-20-7-5-19(6-8-20)17-34-15-11-21(35)12-16-34/h2-10,13-14,21,35H,11-12,15-17H2,1H3,(H2,27,28,30,31,32,33). The zero-order valence-corrected chi connectivity index (χ0v) is 19.6. The Morgan fingerprint density at radius 3 is 2.37 bits per heavy atom. The molecule has 35 heavy (non-hydrogen) atoms. The second-order valence-corrected chi connectivity index (χ2v) is 8.65. The zero-order valence-electron chi connectivity index (χ0n) is 19.6. The molecule has 4 aromatic rings. The maximum Gasteiger partial charge on any atom is 0.229 e. The summed E-state index contributed by atoms with van der Waals surface area (Å²) in [4.78, 5) is 24.7. The van der Waals surface area contributed by atoms with Crippen LogP contribution in [-0.2, 0) is 6.54 Å². The first-order chi connectivity index (χ1) is 17.1. The van der Waals surface area contributed by atoms with E-state index in [4.69, 9.17) is 0 Å². The van der Waals surface area contributed by atoms with E-state index in [0.717, 1.165) is 49.6 Å². The number of likely N-dealkylation sites (tertiary alicyclic amines) is 1. The minimum atomic E-state index is -0.149. The smallest absolute Gasteiger partial charge is 0.229 e. The van der Waals surface area contributed by atoms with Crippen molar-refractivity contribution in [2.75, 3.05) is 23.7 Å². The Labute approximate surface area is 204 Å². The molecule has 5 rings (SSSR count). The normalized spacial score (nSPS) is 14.6. The first-order valence-electron chi connectivity index (χ1n) is 11.7. The van der Waals surface area contributed by atoms with Gasteiger partial charge in [-0.2, -0.15) is 4.98 Å². The lowest BCUT2D eigenvalue weighted by molar-refractivity contribution is 0.0792. The Balaban J connectivity index is 1.22. The summed E-state index contributed by atoms with van der Waals surface area (Å²) < 4.78 is 0. The van der Waals surface area contributed by atoms with Crippen molar-refractivity contribution in [3.05, 3.63) is 78.2 Å². The van der Waals surface area contributed by atoms with E-state index >= 15 is 0 Å². The Bertz CT molecular complexity index is 1270. The van der Waals surface area contributed by atoms with Gasteiger partial charge >= 0.3 is 0 Å². The molecule has 3 aromatic heterocycles. The van der Waals surface area contributed by atoms with E-state index in [0.29, 0.717) is 23.4 Å². The lowest BCUT2D eigenvalue weighted by Gasteiger charge is -2.29. The van der Waals surface area contributed by atoms with Crippen LogP contribution in [0, 0.1) is 6.92 Å². The molecular weight excluding hydrogens is 440 g/mol. The molecule has 178 valence electrons. The number of hydrogen-bond acceptors (Lipinski definition) is 9. The van der Waals surface area contributed by atoms with Crippen molar-refractivity contribution in [2.45, 2.75) is 32.4 Å². The molecule has 1 saturated heterocycles. The summed E-state index contributed by atoms with van der Waals surface area (Å²) >= 11 is 0. The largest absolute Gasteiger partial charge is 0.393 e. The van der Waals surface area contributed by atoms with Crippen LogP contribution in [0.5, 0.6) is 0 Å². The highest BCUT2D eigenvalue weighted by atomic mass is 16.3. The molecule has 3 N–H and O–H groups in total. The van der Waals surface area contributed by atoms with Crippen molar-refractivity contribution in [1.82, 2.24) is 29.8 Å². The van der Waals surface area contributed by atoms with Crippen molar-refractivity contribution in [2.24, 2.45) is 0 Å². The highest BCUT2D eigenvalue weighted by Crippen LogP contribution is 2.20. The number of anilines is 4. The lowest BCUT2D eigenvalue weighted by atomic mass is 10.1. The fourth-order valence-electron chi connectivity index (χ4n) is 4.00. The number of aromatic nitrogens is 5. The fourth-order valence-corrected chi connectivity index (χ4v) is 4.00. The van der Waals surface area contributed by atoms with Gasteiger partial charge in [0, 0.05) is 43.4 Å². The van der Waals surface area contributed by atoms with Crippen molar-refractivity contribution in [3.8, 4) is 11.5 Å². The third-order valence-electron chi connectivity index (χ3n) is 5.86. The number of piperidine rings is 1. The van der Waals surface area contributed by atoms with E-state index in [1.165, 1.54) is 5.56 Å². The number of nitrogens with zero attached hydrogens (tertiary/aromatic N) is 6. The van der Waals surface area contributed by atoms with Gasteiger partial charge in [0.05, 0.1) is 6.10 Å². The molecule has 1 aliphatic heterocycles. The Kier molecular flexibility index (Phi) is 6.87. The minimum Gasteiger partial charge on any atom is -0.393 e. The lowest BCUT2D eigenvalue weighted by Crippen LogP contribution is -2.35. The highest BCUT2D eigenvalue weighted by Gasteiger charge is 2.16. The molecule has 0 aliphatic carbocycles. The van der Waals surface area contributed by atoms with Gasteiger partial charge < -0.3 is 15.7 Å². The van der Waals surface area contributed by atoms with Crippen LogP contribution in [0.2, 0.25) is 0 Å². The molecule has 0 saturated carbocycles. The van der Waals surface area contributed by atoms with Crippen LogP contribution in [0.25, 0.3) is 11.5 Å². The summed E-state index contributed by atoms with van der Waals surface area (Å²) in [6.07, 6.45) is 4.94. The summed E-state index contributed by atoms with van der Waals surface area (Å²) in [5.74, 6) is 2.28. The maximum atomic E-state index is 9.68. The first kappa shape index (κ1) is 22.8. The van der Waals surface area contributed by atoms with Gasteiger partial charge in [-0.1, -0.05) is 18.2 Å². The van der Waals surface area contributed by atoms with E-state index in [9.17, 15) is 5.11 Å². The number of nitrogens with one attached hydrogen (secondary N) is 2. The quantitative estimate of drug-likeness (QED) is 0.369. The van der Waals surface area contributed by atoms with E-state index in [1.807, 2.05) is 37.3 Å². The Morgan fingerprint density at radius 1 is 0.857 bits per heavy atom. The average molecular weight is 469 g/mol. The molecule has 9 heteroatoms. The molecule has 0 spiro atoms. The van der Waals surface area contributed by atoms with Crippen molar-refractivity contribution >= 4 is 23.3 Å². The number of pyridine rings is 1. The van der Waals surface area contributed by atoms with Gasteiger partial charge in [-0.05, 0) is 61.7 Å². The molecule has 1 aliphatic rings. The molecule has 0 bridgehead atoms. The predicted octanol–water partition coefficient (Wildman–Crippen LogP) is 4.08. The third kappa shape index (κ3) is 6.14. The van der Waals surface area contributed by atoms with Crippen LogP contribution in [-0.4, -0.2) is 54.1 Å². The molecule has 4 heterocycles. The van der Waals surface area contributed by atoms with Crippen LogP contribution in [0.3, 0.4) is 0 Å². The Morgan fingerprint density at radius 2 is 1.60 bits per heavy atom. The second-order valence-electron chi connectivity index (χ2n) is 8.65. The number of aryl methyl sites for hydroxylation is 1. The van der Waals surface area contributed by atoms with E-state index in [-0.39, 0.29) is 6.10 Å². The molecule has 0 unspecified atom stereocenters. The number of aliphatic hydroxyl groups is 1. The van der Waals surface area contributed by atoms with Crippen LogP contribution >= 0.6 is 0 Å². The number of hydrogen-bond donors (Lipinski definition) is 3. The summed E-state index contributed by atoms with van der Waals surface area (Å²) in [6.45, 7) is 4.70. The van der Waals surface area contributed by atoms with Gasteiger partial charge in [-0.25, -0.2) is 19.9 Å². The monoisotopic (exact) mass is 468 g/mol. The number of aliphatic hydroxyl groups excluding tert-OH is 1. The summed E-state index contributed by atoms with van der Waals surface area (Å²) in [5, 5.41) is 16.2. The predicted molar refractivity (Wildman–Crippen MR) is 136 cm³/mol. The van der Waals surface area contributed by atoms with E-state index in [1.54, 1.807) is 24.5 Å². The summed E-state index contributed by atoms with van der Waals surface area (Å²) in [7, 11) is 0. The van der Waals surface area contributed by atoms with Crippen molar-refractivity contribution in [1.29, 1.82) is 0 Å². The fraction of sp³-hybridized carbons (Fsp3) is 0.269. The van der Waals surface area contributed by atoms with E-state index in [2.05, 4.69) is 52.6 Å². The zero-order chi connectivity index (χ0) is 24.0. The molecular formula is C26H28N8O. The summed E-state index contributed by atoms with van der Waals surface area (Å²) in [5.41, 5.74) is 3.79. The van der Waals surface area contributed by atoms with Gasteiger partial charge in [0.15, 0.2) is 5.82 Å². The van der Waals surface area contributed by atoms with Gasteiger partial charge in [-0.15, -0.1) is 0 Å². The van der Waals surface area contributed by atoms with Gasteiger partial charge in [-0.3, -0.25) is 4.90 Å². The third-order valence-corrected chi connectivity index (χ3v) is 5.86. The van der Waals surface area contributed by atoms with Crippen molar-refractivity contribution in [3.63, 3.8) is 0 Å². The van der Waals surface area contributed by atoms with Crippen LogP contribution in [0.15, 0.2) is 67.0 Å². The van der Waals surface area contributed by atoms with Crippen LogP contribution < -0.4 is 10.6 Å². The van der Waals surface area contributed by atoms with Gasteiger partial charge in [0.1, 0.15) is 17.3 Å². The Hall–Kier alpha value is -3.95. The van der Waals surface area contributed by atoms with Gasteiger partial charge in [0.2, 0.25) is 5.95 Å². The first-order valence-corrected chi connectivity index (χ1v) is 11.7. The molecule has 0 amide bonds. The molecule has 1 aromatic carbocycles. The van der Waals surface area contributed by atoms with Gasteiger partial charge in [0.25, 0.3) is 0 Å². The highest BCUT2D eigenvalue weighted by molar-refractivity contribution is 5.59. The molecule has 0 atom stereocenters. The van der Waals surface area contributed by atoms with Crippen LogP contribution in [0.4, 0.5) is 23.3 Å². The second kappa shape index (κ2) is 10.5. The summed E-state index contributed by atoms with van der Waals surface area (Å²) in [6, 6.07) is 17.6. The number of benzene rings is 1. The topological polar surface area (TPSA) is 112 Å². The SMILES string of the molecule is Cc1cccc(-c2nccc(Nc3ccnc(Nc4ccc(CN5CCC(O)CC5)cc4)n3)n2)n1. The minimum absolute atomic E-state index is 0.149. The number of rotatable bonds is 7. The van der Waals surface area contributed by atoms with E-state index < -0.39 is 0 Å².